The lowest BCUT2D eigenvalue weighted by Crippen LogP contribution is -2.44. The van der Waals surface area contributed by atoms with Gasteiger partial charge in [0.25, 0.3) is 17.4 Å². The van der Waals surface area contributed by atoms with Crippen molar-refractivity contribution in [3.05, 3.63) is 23.8 Å². The Labute approximate surface area is 130 Å². The zero-order valence-corrected chi connectivity index (χ0v) is 15.2. The molecule has 0 fully saturated rings. The molecule has 0 saturated heterocycles. The number of carboxylic acid groups (broad SMARTS) is 1. The van der Waals surface area contributed by atoms with Crippen LogP contribution in [0.1, 0.15) is 31.1 Å². The first-order valence-corrected chi connectivity index (χ1v) is 11.5. The van der Waals surface area contributed by atoms with Crippen LogP contribution >= 0.6 is 10.7 Å². The summed E-state index contributed by atoms with van der Waals surface area (Å²) in [5, 5.41) is 8.82. The highest BCUT2D eigenvalue weighted by molar-refractivity contribution is 8.13. The van der Waals surface area contributed by atoms with Gasteiger partial charge in [0.05, 0.1) is 5.56 Å². The lowest BCUT2D eigenvalue weighted by Gasteiger charge is -2.36. The van der Waals surface area contributed by atoms with E-state index in [0.29, 0.717) is 0 Å². The van der Waals surface area contributed by atoms with Crippen molar-refractivity contribution in [3.63, 3.8) is 0 Å². The Morgan fingerprint density at radius 2 is 1.81 bits per heavy atom. The molecule has 8 heteroatoms. The third-order valence-electron chi connectivity index (χ3n) is 3.62. The van der Waals surface area contributed by atoms with Crippen LogP contribution in [0.3, 0.4) is 0 Å². The smallest absolute Gasteiger partial charge is 0.335 e. The maximum absolute atomic E-state index is 11.7. The van der Waals surface area contributed by atoms with Crippen LogP contribution in [-0.4, -0.2) is 27.8 Å². The molecule has 5 nitrogen and oxygen atoms in total. The number of carboxylic acids is 1. The van der Waals surface area contributed by atoms with Crippen molar-refractivity contribution in [3.8, 4) is 5.75 Å². The Balaban J connectivity index is 3.41. The van der Waals surface area contributed by atoms with Gasteiger partial charge < -0.3 is 9.53 Å². The predicted octanol–water partition coefficient (Wildman–Crippen LogP) is 3.70. The summed E-state index contributed by atoms with van der Waals surface area (Å²) in [6, 6.07) is 3.67. The van der Waals surface area contributed by atoms with Crippen LogP contribution < -0.4 is 4.43 Å². The van der Waals surface area contributed by atoms with E-state index in [1.807, 2.05) is 33.9 Å². The highest BCUT2D eigenvalue weighted by Crippen LogP contribution is 2.39. The van der Waals surface area contributed by atoms with Crippen LogP contribution in [0.5, 0.6) is 5.75 Å². The third kappa shape index (κ3) is 4.21. The van der Waals surface area contributed by atoms with Crippen LogP contribution in [-0.2, 0) is 9.05 Å². The minimum absolute atomic E-state index is 0.0987. The van der Waals surface area contributed by atoms with Crippen LogP contribution in [0.15, 0.2) is 23.1 Å². The van der Waals surface area contributed by atoms with Gasteiger partial charge in [-0.15, -0.1) is 0 Å². The Morgan fingerprint density at radius 1 is 1.29 bits per heavy atom. The van der Waals surface area contributed by atoms with E-state index < -0.39 is 23.3 Å². The molecule has 1 aromatic carbocycles. The molecule has 0 aromatic heterocycles. The van der Waals surface area contributed by atoms with Crippen LogP contribution in [0.25, 0.3) is 0 Å². The van der Waals surface area contributed by atoms with E-state index in [4.69, 9.17) is 20.2 Å². The average Bonchev–Trinajstić information content (AvgIpc) is 2.25. The molecule has 0 unspecified atom stereocenters. The van der Waals surface area contributed by atoms with Gasteiger partial charge in [-0.25, -0.2) is 13.2 Å². The number of carbonyl (C=O) groups is 1. The van der Waals surface area contributed by atoms with Gasteiger partial charge >= 0.3 is 5.97 Å². The van der Waals surface area contributed by atoms with E-state index in [1.54, 1.807) is 0 Å². The Morgan fingerprint density at radius 3 is 2.19 bits per heavy atom. The van der Waals surface area contributed by atoms with E-state index in [2.05, 4.69) is 0 Å². The summed E-state index contributed by atoms with van der Waals surface area (Å²) in [4.78, 5) is 10.7. The molecule has 0 saturated carbocycles. The topological polar surface area (TPSA) is 80.7 Å². The molecule has 0 aliphatic carbocycles. The molecule has 0 aliphatic rings. The van der Waals surface area contributed by atoms with Crippen LogP contribution in [0, 0.1) is 0 Å². The summed E-state index contributed by atoms with van der Waals surface area (Å²) in [6.45, 7) is 9.96. The lowest BCUT2D eigenvalue weighted by atomic mass is 10.2. The van der Waals surface area contributed by atoms with E-state index in [9.17, 15) is 13.2 Å². The first-order chi connectivity index (χ1) is 9.25. The molecule has 21 heavy (non-hydrogen) atoms. The summed E-state index contributed by atoms with van der Waals surface area (Å²) < 4.78 is 29.3. The molecule has 0 bridgehead atoms. The van der Waals surface area contributed by atoms with E-state index in [1.165, 1.54) is 12.1 Å². The fourth-order valence-electron chi connectivity index (χ4n) is 1.34. The second-order valence-corrected chi connectivity index (χ2v) is 13.5. The minimum Gasteiger partial charge on any atom is -0.543 e. The normalized spacial score (nSPS) is 13.0. The standard InChI is InChI=1S/C13H19ClO5SSi/c1-13(2,3)21(4,5)19-10-7-6-9(12(15)16)8-11(10)20(14,17)18/h6-8H,1-5H3,(H,15,16). The van der Waals surface area contributed by atoms with Gasteiger partial charge in [0.1, 0.15) is 10.6 Å². The third-order valence-corrected chi connectivity index (χ3v) is 9.31. The van der Waals surface area contributed by atoms with Gasteiger partial charge in [0.15, 0.2) is 0 Å². The summed E-state index contributed by atoms with van der Waals surface area (Å²) in [7, 11) is -0.974. The molecule has 0 amide bonds. The maximum atomic E-state index is 11.7. The first kappa shape index (κ1) is 18.0. The summed E-state index contributed by atoms with van der Waals surface area (Å²) in [6.07, 6.45) is 0. The SMILES string of the molecule is CC(C)(C)[Si](C)(C)Oc1ccc(C(=O)O)cc1S(=O)(=O)Cl. The van der Waals surface area contributed by atoms with Gasteiger partial charge in [-0.3, -0.25) is 0 Å². The van der Waals surface area contributed by atoms with Gasteiger partial charge in [-0.2, -0.15) is 0 Å². The summed E-state index contributed by atoms with van der Waals surface area (Å²) in [5.41, 5.74) is -0.156. The predicted molar refractivity (Wildman–Crippen MR) is 84.3 cm³/mol. The van der Waals surface area contributed by atoms with E-state index in [-0.39, 0.29) is 21.2 Å². The Kier molecular flexibility index (Phi) is 4.82. The van der Waals surface area contributed by atoms with Crippen molar-refractivity contribution < 1.29 is 22.7 Å². The van der Waals surface area contributed by atoms with Crippen molar-refractivity contribution in [2.75, 3.05) is 0 Å². The molecule has 1 aromatic rings. The van der Waals surface area contributed by atoms with E-state index >= 15 is 0 Å². The van der Waals surface area contributed by atoms with Gasteiger partial charge in [-0.1, -0.05) is 20.8 Å². The van der Waals surface area contributed by atoms with Crippen molar-refractivity contribution in [2.45, 2.75) is 43.8 Å². The maximum Gasteiger partial charge on any atom is 0.335 e. The fourth-order valence-corrected chi connectivity index (χ4v) is 3.43. The number of benzene rings is 1. The molecule has 0 spiro atoms. The quantitative estimate of drug-likeness (QED) is 0.661. The number of aromatic carboxylic acids is 1. The van der Waals surface area contributed by atoms with Crippen LogP contribution in [0.4, 0.5) is 0 Å². The molecule has 0 atom stereocenters. The molecule has 1 rings (SSSR count). The van der Waals surface area contributed by atoms with Crippen molar-refractivity contribution in [1.82, 2.24) is 0 Å². The molecule has 1 N–H and O–H groups in total. The molecular formula is C13H19ClO5SSi. The molecular weight excluding hydrogens is 332 g/mol. The summed E-state index contributed by atoms with van der Waals surface area (Å²) in [5.74, 6) is -1.13. The molecule has 0 heterocycles. The van der Waals surface area contributed by atoms with Gasteiger partial charge in [0.2, 0.25) is 0 Å². The zero-order valence-electron chi connectivity index (χ0n) is 12.6. The van der Waals surface area contributed by atoms with Crippen molar-refractivity contribution in [1.29, 1.82) is 0 Å². The monoisotopic (exact) mass is 350 g/mol. The van der Waals surface area contributed by atoms with Crippen molar-refractivity contribution in [2.24, 2.45) is 0 Å². The van der Waals surface area contributed by atoms with Gasteiger partial charge in [-0.05, 0) is 36.3 Å². The lowest BCUT2D eigenvalue weighted by molar-refractivity contribution is 0.0696. The second-order valence-electron chi connectivity index (χ2n) is 6.27. The number of halogens is 1. The highest BCUT2D eigenvalue weighted by atomic mass is 35.7. The number of hydrogen-bond acceptors (Lipinski definition) is 4. The highest BCUT2D eigenvalue weighted by Gasteiger charge is 2.40. The Hall–Kier alpha value is -1.05. The van der Waals surface area contributed by atoms with Crippen LogP contribution in [0.2, 0.25) is 18.1 Å². The number of hydrogen-bond donors (Lipinski definition) is 1. The summed E-state index contributed by atoms with van der Waals surface area (Å²) >= 11 is 0. The van der Waals surface area contributed by atoms with Crippen molar-refractivity contribution >= 4 is 34.0 Å². The second kappa shape index (κ2) is 5.62. The molecule has 0 aliphatic heterocycles. The molecule has 0 radical (unpaired) electrons. The largest absolute Gasteiger partial charge is 0.543 e. The molecule has 118 valence electrons. The number of rotatable bonds is 4. The fraction of sp³-hybridized carbons (Fsp3) is 0.462. The van der Waals surface area contributed by atoms with Gasteiger partial charge in [0, 0.05) is 10.7 Å². The minimum atomic E-state index is -4.10. The van der Waals surface area contributed by atoms with E-state index in [0.717, 1.165) is 6.07 Å². The first-order valence-electron chi connectivity index (χ1n) is 6.27. The average molecular weight is 351 g/mol. The Bertz CT molecular complexity index is 662. The zero-order chi connectivity index (χ0) is 16.6.